The van der Waals surface area contributed by atoms with Gasteiger partial charge in [0.1, 0.15) is 5.82 Å². The highest BCUT2D eigenvalue weighted by Gasteiger charge is 2.24. The van der Waals surface area contributed by atoms with Gasteiger partial charge in [0.15, 0.2) is 5.82 Å². The number of hydrogen-bond donors (Lipinski definition) is 0. The Kier molecular flexibility index (Phi) is 6.05. The first-order valence-corrected chi connectivity index (χ1v) is 10.6. The van der Waals surface area contributed by atoms with Gasteiger partial charge in [-0.2, -0.15) is 5.10 Å². The van der Waals surface area contributed by atoms with E-state index < -0.39 is 0 Å². The third kappa shape index (κ3) is 4.27. The number of carbonyl (C=O) groups excluding carboxylic acids is 1. The van der Waals surface area contributed by atoms with Crippen molar-refractivity contribution in [3.05, 3.63) is 41.5 Å². The molecule has 28 heavy (non-hydrogen) atoms. The van der Waals surface area contributed by atoms with Gasteiger partial charge < -0.3 is 9.64 Å². The van der Waals surface area contributed by atoms with Crippen LogP contribution in [0.3, 0.4) is 0 Å². The van der Waals surface area contributed by atoms with E-state index in [1.807, 2.05) is 21.7 Å². The van der Waals surface area contributed by atoms with Gasteiger partial charge in [0.05, 0.1) is 5.69 Å². The predicted octanol–water partition coefficient (Wildman–Crippen LogP) is 3.41. The highest BCUT2D eigenvalue weighted by Crippen LogP contribution is 2.26. The van der Waals surface area contributed by atoms with Crippen LogP contribution in [0, 0.1) is 6.92 Å². The topological polar surface area (TPSA) is 60.2 Å². The molecule has 0 atom stereocenters. The fourth-order valence-corrected chi connectivity index (χ4v) is 4.16. The smallest absolute Gasteiger partial charge is 0.222 e. The van der Waals surface area contributed by atoms with E-state index in [0.717, 1.165) is 82.2 Å². The molecule has 4 rings (SSSR count). The summed E-state index contributed by atoms with van der Waals surface area (Å²) < 4.78 is 7.51. The van der Waals surface area contributed by atoms with E-state index in [4.69, 9.17) is 14.8 Å². The second kappa shape index (κ2) is 8.86. The van der Waals surface area contributed by atoms with Crippen molar-refractivity contribution in [2.45, 2.75) is 57.8 Å². The summed E-state index contributed by atoms with van der Waals surface area (Å²) in [5.41, 5.74) is 2.25. The van der Waals surface area contributed by atoms with Crippen molar-refractivity contribution >= 4 is 5.91 Å². The predicted molar refractivity (Wildman–Crippen MR) is 108 cm³/mol. The molecule has 2 fully saturated rings. The number of rotatable bonds is 5. The molecule has 0 unspecified atom stereocenters. The number of likely N-dealkylation sites (tertiary alicyclic amines) is 1. The maximum atomic E-state index is 12.4. The molecule has 1 aromatic carbocycles. The first-order chi connectivity index (χ1) is 13.7. The molecule has 150 valence electrons. The summed E-state index contributed by atoms with van der Waals surface area (Å²) in [6.45, 7) is 5.25. The van der Waals surface area contributed by atoms with Crippen molar-refractivity contribution in [3.8, 4) is 5.69 Å². The average molecular weight is 383 g/mol. The Hall–Kier alpha value is -2.21. The quantitative estimate of drug-likeness (QED) is 0.795. The number of carbonyl (C=O) groups is 1. The van der Waals surface area contributed by atoms with Gasteiger partial charge >= 0.3 is 0 Å². The largest absolute Gasteiger partial charge is 0.381 e. The van der Waals surface area contributed by atoms with Crippen LogP contribution in [-0.4, -0.2) is 51.9 Å². The normalized spacial score (nSPS) is 19.0. The van der Waals surface area contributed by atoms with Gasteiger partial charge in [0, 0.05) is 45.1 Å². The van der Waals surface area contributed by atoms with Crippen LogP contribution in [0.25, 0.3) is 5.69 Å². The monoisotopic (exact) mass is 382 g/mol. The maximum Gasteiger partial charge on any atom is 0.222 e. The zero-order chi connectivity index (χ0) is 19.3. The Morgan fingerprint density at radius 2 is 1.96 bits per heavy atom. The van der Waals surface area contributed by atoms with Gasteiger partial charge in [-0.3, -0.25) is 4.79 Å². The number of benzene rings is 1. The Morgan fingerprint density at radius 1 is 1.14 bits per heavy atom. The molecule has 6 heteroatoms. The van der Waals surface area contributed by atoms with Crippen LogP contribution in [0.5, 0.6) is 0 Å². The van der Waals surface area contributed by atoms with Gasteiger partial charge in [-0.1, -0.05) is 24.6 Å². The van der Waals surface area contributed by atoms with E-state index in [2.05, 4.69) is 19.1 Å². The Labute approximate surface area is 166 Å². The highest BCUT2D eigenvalue weighted by atomic mass is 16.5. The van der Waals surface area contributed by atoms with Crippen LogP contribution in [0.1, 0.15) is 61.7 Å². The zero-order valence-corrected chi connectivity index (χ0v) is 16.8. The van der Waals surface area contributed by atoms with Crippen LogP contribution in [0.15, 0.2) is 24.3 Å². The van der Waals surface area contributed by atoms with E-state index in [-0.39, 0.29) is 5.91 Å². The number of ether oxygens (including phenoxy) is 1. The van der Waals surface area contributed by atoms with Crippen LogP contribution in [-0.2, 0) is 16.0 Å². The third-order valence-corrected chi connectivity index (χ3v) is 5.90. The molecule has 1 aromatic heterocycles. The first-order valence-electron chi connectivity index (χ1n) is 10.6. The first kappa shape index (κ1) is 19.1. The van der Waals surface area contributed by atoms with Crippen molar-refractivity contribution in [2.75, 3.05) is 26.3 Å². The van der Waals surface area contributed by atoms with E-state index in [9.17, 15) is 4.79 Å². The molecule has 0 spiro atoms. The minimum absolute atomic E-state index is 0.282. The van der Waals surface area contributed by atoms with Crippen LogP contribution < -0.4 is 0 Å². The lowest BCUT2D eigenvalue weighted by atomic mass is 10.00. The molecule has 3 heterocycles. The number of nitrogens with zero attached hydrogens (tertiary/aromatic N) is 4. The molecule has 1 amide bonds. The lowest BCUT2D eigenvalue weighted by molar-refractivity contribution is -0.130. The molecule has 2 saturated heterocycles. The fraction of sp³-hybridized carbons (Fsp3) is 0.591. The second-order valence-corrected chi connectivity index (χ2v) is 7.91. The molecule has 0 bridgehead atoms. The highest BCUT2D eigenvalue weighted by molar-refractivity contribution is 5.76. The van der Waals surface area contributed by atoms with Crippen LogP contribution in [0.2, 0.25) is 0 Å². The van der Waals surface area contributed by atoms with E-state index in [1.165, 1.54) is 5.56 Å². The molecule has 0 radical (unpaired) electrons. The summed E-state index contributed by atoms with van der Waals surface area (Å²) in [4.78, 5) is 19.3. The maximum absolute atomic E-state index is 12.4. The Bertz CT molecular complexity index is 811. The molecular formula is C22H30N4O2. The van der Waals surface area contributed by atoms with Crippen molar-refractivity contribution in [3.63, 3.8) is 0 Å². The molecule has 0 aliphatic carbocycles. The Balaban J connectivity index is 1.59. The summed E-state index contributed by atoms with van der Waals surface area (Å²) in [7, 11) is 0. The zero-order valence-electron chi connectivity index (χ0n) is 16.8. The van der Waals surface area contributed by atoms with Gasteiger partial charge in [0.2, 0.25) is 5.91 Å². The lowest BCUT2D eigenvalue weighted by Crippen LogP contribution is -2.32. The average Bonchev–Trinajstić information content (AvgIpc) is 3.03. The molecule has 2 aromatic rings. The summed E-state index contributed by atoms with van der Waals surface area (Å²) in [5, 5.41) is 4.91. The molecule has 2 aliphatic heterocycles. The van der Waals surface area contributed by atoms with Crippen molar-refractivity contribution < 1.29 is 9.53 Å². The Morgan fingerprint density at radius 3 is 2.79 bits per heavy atom. The fourth-order valence-electron chi connectivity index (χ4n) is 4.16. The summed E-state index contributed by atoms with van der Waals surface area (Å²) >= 11 is 0. The lowest BCUT2D eigenvalue weighted by Gasteiger charge is -2.20. The molecule has 2 aliphatic rings. The van der Waals surface area contributed by atoms with Gasteiger partial charge in [-0.25, -0.2) is 9.67 Å². The van der Waals surface area contributed by atoms with Crippen LogP contribution >= 0.6 is 0 Å². The SMILES string of the molecule is Cc1ccccc1-n1nc(C2CCOCC2)nc1CCN1CCCCCC1=O. The number of aryl methyl sites for hydroxylation is 1. The second-order valence-electron chi connectivity index (χ2n) is 7.91. The number of aromatic nitrogens is 3. The van der Waals surface area contributed by atoms with Crippen molar-refractivity contribution in [1.82, 2.24) is 19.7 Å². The van der Waals surface area contributed by atoms with Crippen LogP contribution in [0.4, 0.5) is 0 Å². The summed E-state index contributed by atoms with van der Waals surface area (Å²) in [5.74, 6) is 2.51. The summed E-state index contributed by atoms with van der Waals surface area (Å²) in [6.07, 6.45) is 6.62. The molecule has 6 nitrogen and oxygen atoms in total. The molecule has 0 N–H and O–H groups in total. The summed E-state index contributed by atoms with van der Waals surface area (Å²) in [6, 6.07) is 8.29. The van der Waals surface area contributed by atoms with E-state index >= 15 is 0 Å². The number of para-hydroxylation sites is 1. The third-order valence-electron chi connectivity index (χ3n) is 5.90. The van der Waals surface area contributed by atoms with Gasteiger partial charge in [-0.15, -0.1) is 0 Å². The van der Waals surface area contributed by atoms with Crippen molar-refractivity contribution in [2.24, 2.45) is 0 Å². The molecular weight excluding hydrogens is 352 g/mol. The van der Waals surface area contributed by atoms with E-state index in [0.29, 0.717) is 12.3 Å². The molecule has 0 saturated carbocycles. The van der Waals surface area contributed by atoms with Gasteiger partial charge in [-0.05, 0) is 44.2 Å². The minimum atomic E-state index is 0.282. The number of amides is 1. The van der Waals surface area contributed by atoms with Gasteiger partial charge in [0.25, 0.3) is 0 Å². The standard InChI is InChI=1S/C22H30N4O2/c1-17-7-4-5-8-19(17)26-20(10-14-25-13-6-2-3-9-21(25)27)23-22(24-26)18-11-15-28-16-12-18/h4-5,7-8,18H,2-3,6,9-16H2,1H3. The van der Waals surface area contributed by atoms with Crippen molar-refractivity contribution in [1.29, 1.82) is 0 Å². The minimum Gasteiger partial charge on any atom is -0.381 e. The number of hydrogen-bond acceptors (Lipinski definition) is 4. The van der Waals surface area contributed by atoms with E-state index in [1.54, 1.807) is 0 Å².